The molecule has 0 fully saturated rings. The normalized spacial score (nSPS) is 11.7. The van der Waals surface area contributed by atoms with Gasteiger partial charge in [0, 0.05) is 15.8 Å². The quantitative estimate of drug-likeness (QED) is 0.745. The predicted molar refractivity (Wildman–Crippen MR) is 90.4 cm³/mol. The van der Waals surface area contributed by atoms with E-state index in [0.717, 1.165) is 16.6 Å². The van der Waals surface area contributed by atoms with Crippen LogP contribution in [0.1, 0.15) is 24.9 Å². The van der Waals surface area contributed by atoms with Gasteiger partial charge in [0.1, 0.15) is 0 Å². The van der Waals surface area contributed by atoms with Crippen LogP contribution >= 0.6 is 15.9 Å². The highest BCUT2D eigenvalue weighted by molar-refractivity contribution is 9.10. The summed E-state index contributed by atoms with van der Waals surface area (Å²) in [6.07, 6.45) is 0.975. The second-order valence-electron chi connectivity index (χ2n) is 4.72. The van der Waals surface area contributed by atoms with Crippen molar-refractivity contribution in [1.82, 2.24) is 0 Å². The van der Waals surface area contributed by atoms with Crippen LogP contribution in [0.25, 0.3) is 0 Å². The number of hydrogen-bond donors (Lipinski definition) is 3. The van der Waals surface area contributed by atoms with E-state index in [1.165, 1.54) is 5.56 Å². The molecule has 0 saturated carbocycles. The molecule has 0 heterocycles. The molecule has 0 bridgehead atoms. The van der Waals surface area contributed by atoms with Gasteiger partial charge in [-0.1, -0.05) is 35.0 Å². The Morgan fingerprint density at radius 1 is 1.10 bits per heavy atom. The van der Waals surface area contributed by atoms with Gasteiger partial charge in [-0.05, 0) is 48.4 Å². The summed E-state index contributed by atoms with van der Waals surface area (Å²) in [6, 6.07) is 15.5. The highest BCUT2D eigenvalue weighted by Crippen LogP contribution is 2.24. The smallest absolute Gasteiger partial charge is 0.316 e. The zero-order valence-corrected chi connectivity index (χ0v) is 13.4. The monoisotopic (exact) mass is 347 g/mol. The minimum absolute atomic E-state index is 0.244. The van der Waals surface area contributed by atoms with Crippen molar-refractivity contribution in [2.45, 2.75) is 19.4 Å². The Labute approximate surface area is 132 Å². The fourth-order valence-electron chi connectivity index (χ4n) is 2.11. The van der Waals surface area contributed by atoms with Crippen molar-refractivity contribution in [2.24, 2.45) is 5.73 Å². The summed E-state index contributed by atoms with van der Waals surface area (Å²) < 4.78 is 1.07. The zero-order valence-electron chi connectivity index (χ0n) is 11.8. The van der Waals surface area contributed by atoms with Crippen LogP contribution in [0.15, 0.2) is 53.0 Å². The average molecular weight is 348 g/mol. The Kier molecular flexibility index (Phi) is 5.22. The van der Waals surface area contributed by atoms with E-state index in [9.17, 15) is 4.79 Å². The number of halogens is 1. The molecule has 4 N–H and O–H groups in total. The number of nitrogens with one attached hydrogen (secondary N) is 2. The Morgan fingerprint density at radius 2 is 1.67 bits per heavy atom. The van der Waals surface area contributed by atoms with Crippen molar-refractivity contribution >= 4 is 33.3 Å². The Hall–Kier alpha value is -2.01. The molecule has 0 aliphatic carbocycles. The molecule has 1 atom stereocenters. The van der Waals surface area contributed by atoms with Gasteiger partial charge >= 0.3 is 6.03 Å². The fourth-order valence-corrected chi connectivity index (χ4v) is 2.37. The lowest BCUT2D eigenvalue weighted by molar-refractivity contribution is 0.259. The van der Waals surface area contributed by atoms with Crippen LogP contribution in [-0.4, -0.2) is 6.03 Å². The molecule has 2 rings (SSSR count). The summed E-state index contributed by atoms with van der Waals surface area (Å²) in [5.74, 6) is 0. The molecule has 0 spiro atoms. The van der Waals surface area contributed by atoms with Gasteiger partial charge in [0.05, 0.1) is 6.04 Å². The van der Waals surface area contributed by atoms with Crippen molar-refractivity contribution in [2.75, 3.05) is 10.6 Å². The highest BCUT2D eigenvalue weighted by Gasteiger charge is 2.09. The van der Waals surface area contributed by atoms with Crippen LogP contribution in [0.2, 0.25) is 0 Å². The van der Waals surface area contributed by atoms with E-state index in [1.54, 1.807) is 0 Å². The average Bonchev–Trinajstić information content (AvgIpc) is 2.47. The topological polar surface area (TPSA) is 67.2 Å². The van der Waals surface area contributed by atoms with Gasteiger partial charge < -0.3 is 16.4 Å². The molecular weight excluding hydrogens is 330 g/mol. The minimum atomic E-state index is -0.558. The van der Waals surface area contributed by atoms with Crippen LogP contribution in [-0.2, 0) is 0 Å². The lowest BCUT2D eigenvalue weighted by Crippen LogP contribution is -2.19. The maximum atomic E-state index is 10.8. The molecule has 0 aliphatic rings. The number of urea groups is 1. The second kappa shape index (κ2) is 7.13. The van der Waals surface area contributed by atoms with Gasteiger partial charge in [0.2, 0.25) is 0 Å². The molecule has 21 heavy (non-hydrogen) atoms. The number of carbonyl (C=O) groups excluding carboxylic acids is 1. The van der Waals surface area contributed by atoms with E-state index in [-0.39, 0.29) is 6.04 Å². The molecule has 2 aromatic rings. The first-order valence-corrected chi connectivity index (χ1v) is 7.56. The van der Waals surface area contributed by atoms with E-state index < -0.39 is 6.03 Å². The van der Waals surface area contributed by atoms with Crippen molar-refractivity contribution < 1.29 is 4.79 Å². The summed E-state index contributed by atoms with van der Waals surface area (Å²) in [7, 11) is 0. The standard InChI is InChI=1S/C16H18BrN3O/c1-2-15(11-3-5-12(17)6-4-11)19-13-7-9-14(10-8-13)20-16(18)21/h3-10,15,19H,2H2,1H3,(H3,18,20,21). The first kappa shape index (κ1) is 15.4. The number of benzene rings is 2. The van der Waals surface area contributed by atoms with E-state index >= 15 is 0 Å². The minimum Gasteiger partial charge on any atom is -0.378 e. The first-order valence-electron chi connectivity index (χ1n) is 6.77. The molecule has 0 radical (unpaired) electrons. The van der Waals surface area contributed by atoms with Crippen molar-refractivity contribution in [3.63, 3.8) is 0 Å². The molecule has 5 heteroatoms. The Bertz CT molecular complexity index is 596. The van der Waals surface area contributed by atoms with Crippen molar-refractivity contribution in [3.8, 4) is 0 Å². The van der Waals surface area contributed by atoms with Gasteiger partial charge in [0.15, 0.2) is 0 Å². The van der Waals surface area contributed by atoms with Crippen LogP contribution in [0.4, 0.5) is 16.2 Å². The molecular formula is C16H18BrN3O. The van der Waals surface area contributed by atoms with Gasteiger partial charge in [-0.25, -0.2) is 4.79 Å². The van der Waals surface area contributed by atoms with Gasteiger partial charge in [-0.15, -0.1) is 0 Å². The Morgan fingerprint density at radius 3 is 2.19 bits per heavy atom. The Balaban J connectivity index is 2.07. The summed E-state index contributed by atoms with van der Waals surface area (Å²) in [6.45, 7) is 2.14. The lowest BCUT2D eigenvalue weighted by Gasteiger charge is -2.19. The van der Waals surface area contributed by atoms with E-state index in [1.807, 2.05) is 36.4 Å². The summed E-state index contributed by atoms with van der Waals surface area (Å²) in [5, 5.41) is 6.03. The molecule has 2 amide bonds. The van der Waals surface area contributed by atoms with Crippen molar-refractivity contribution in [3.05, 3.63) is 58.6 Å². The number of nitrogens with two attached hydrogens (primary N) is 1. The first-order chi connectivity index (χ1) is 10.1. The summed E-state index contributed by atoms with van der Waals surface area (Å²) in [4.78, 5) is 10.8. The third kappa shape index (κ3) is 4.49. The van der Waals surface area contributed by atoms with E-state index in [4.69, 9.17) is 5.73 Å². The van der Waals surface area contributed by atoms with Gasteiger partial charge in [0.25, 0.3) is 0 Å². The van der Waals surface area contributed by atoms with Gasteiger partial charge in [-0.3, -0.25) is 0 Å². The molecule has 4 nitrogen and oxygen atoms in total. The number of amides is 2. The molecule has 110 valence electrons. The predicted octanol–water partition coefficient (Wildman–Crippen LogP) is 4.50. The number of rotatable bonds is 5. The maximum Gasteiger partial charge on any atom is 0.316 e. The zero-order chi connectivity index (χ0) is 15.2. The van der Waals surface area contributed by atoms with E-state index in [2.05, 4.69) is 45.6 Å². The van der Waals surface area contributed by atoms with Crippen LogP contribution in [0, 0.1) is 0 Å². The molecule has 0 saturated heterocycles. The van der Waals surface area contributed by atoms with Crippen molar-refractivity contribution in [1.29, 1.82) is 0 Å². The molecule has 0 aliphatic heterocycles. The molecule has 2 aromatic carbocycles. The van der Waals surface area contributed by atoms with E-state index in [0.29, 0.717) is 5.69 Å². The SMILES string of the molecule is CCC(Nc1ccc(NC(N)=O)cc1)c1ccc(Br)cc1. The van der Waals surface area contributed by atoms with Crippen LogP contribution < -0.4 is 16.4 Å². The fraction of sp³-hybridized carbons (Fsp3) is 0.188. The second-order valence-corrected chi connectivity index (χ2v) is 5.64. The third-order valence-electron chi connectivity index (χ3n) is 3.17. The summed E-state index contributed by atoms with van der Waals surface area (Å²) >= 11 is 3.45. The molecule has 0 aromatic heterocycles. The van der Waals surface area contributed by atoms with Crippen LogP contribution in [0.5, 0.6) is 0 Å². The number of carbonyl (C=O) groups is 1. The van der Waals surface area contributed by atoms with Crippen LogP contribution in [0.3, 0.4) is 0 Å². The number of primary amides is 1. The highest BCUT2D eigenvalue weighted by atomic mass is 79.9. The summed E-state index contributed by atoms with van der Waals surface area (Å²) in [5.41, 5.74) is 8.00. The number of anilines is 2. The third-order valence-corrected chi connectivity index (χ3v) is 3.70. The molecule has 1 unspecified atom stereocenters. The largest absolute Gasteiger partial charge is 0.378 e. The number of hydrogen-bond acceptors (Lipinski definition) is 2. The lowest BCUT2D eigenvalue weighted by atomic mass is 10.0. The maximum absolute atomic E-state index is 10.8. The van der Waals surface area contributed by atoms with Gasteiger partial charge in [-0.2, -0.15) is 0 Å².